The van der Waals surface area contributed by atoms with Gasteiger partial charge in [0, 0.05) is 30.0 Å². The first-order valence-corrected chi connectivity index (χ1v) is 12.0. The largest absolute Gasteiger partial charge is 0.346 e. The number of hydrogen-bond acceptors (Lipinski definition) is 4. The summed E-state index contributed by atoms with van der Waals surface area (Å²) < 4.78 is 0. The summed E-state index contributed by atoms with van der Waals surface area (Å²) in [5.74, 6) is -0.0685. The van der Waals surface area contributed by atoms with Gasteiger partial charge in [0.1, 0.15) is 11.4 Å². The van der Waals surface area contributed by atoms with E-state index in [0.717, 1.165) is 19.4 Å². The third-order valence-corrected chi connectivity index (χ3v) is 5.68. The Balaban J connectivity index is 0.000000240. The van der Waals surface area contributed by atoms with E-state index in [1.807, 2.05) is 36.9 Å². The van der Waals surface area contributed by atoms with Crippen molar-refractivity contribution in [3.63, 3.8) is 0 Å². The number of rotatable bonds is 4. The molecular weight excluding hydrogens is 424 g/mol. The van der Waals surface area contributed by atoms with Crippen LogP contribution in [0.5, 0.6) is 0 Å². The van der Waals surface area contributed by atoms with Crippen molar-refractivity contribution in [2.75, 3.05) is 6.54 Å². The molecule has 0 spiro atoms. The second-order valence-corrected chi connectivity index (χ2v) is 12.6. The van der Waals surface area contributed by atoms with Crippen molar-refractivity contribution in [3.05, 3.63) is 60.2 Å². The van der Waals surface area contributed by atoms with Crippen LogP contribution in [-0.4, -0.2) is 44.3 Å². The molecule has 186 valence electrons. The minimum absolute atomic E-state index is 0.0428. The highest BCUT2D eigenvalue weighted by molar-refractivity contribution is 5.93. The zero-order valence-electron chi connectivity index (χ0n) is 22.4. The fourth-order valence-electron chi connectivity index (χ4n) is 5.18. The molecule has 0 atom stereocenters. The standard InChI is InChI=1S/C14H20N2O.C14H22N2O/c1-13(2)9-14(3,4)16(10-13)12(17)11-7-5-6-8-15-11;1-13(2,3)10-14(4,5)16-12(17)11-8-6-7-9-15-11/h5-8H,9-10H2,1-4H3;6-9H,10H2,1-5H3,(H,16,17). The van der Waals surface area contributed by atoms with Gasteiger partial charge in [0.15, 0.2) is 0 Å². The lowest BCUT2D eigenvalue weighted by Crippen LogP contribution is -2.46. The Morgan fingerprint density at radius 3 is 1.85 bits per heavy atom. The van der Waals surface area contributed by atoms with Crippen LogP contribution in [0.2, 0.25) is 0 Å². The van der Waals surface area contributed by atoms with Crippen LogP contribution in [-0.2, 0) is 0 Å². The number of pyridine rings is 2. The molecule has 6 heteroatoms. The smallest absolute Gasteiger partial charge is 0.272 e. The average molecular weight is 467 g/mol. The number of likely N-dealkylation sites (tertiary alicyclic amines) is 1. The first-order valence-electron chi connectivity index (χ1n) is 12.0. The molecule has 1 fully saturated rings. The highest BCUT2D eigenvalue weighted by atomic mass is 16.2. The maximum absolute atomic E-state index is 12.4. The average Bonchev–Trinajstić information content (AvgIpc) is 2.94. The van der Waals surface area contributed by atoms with Crippen molar-refractivity contribution in [1.82, 2.24) is 20.2 Å². The second kappa shape index (κ2) is 10.2. The molecule has 1 aliphatic rings. The Hall–Kier alpha value is -2.76. The van der Waals surface area contributed by atoms with Crippen LogP contribution in [0.15, 0.2) is 48.8 Å². The molecule has 0 aromatic carbocycles. The molecule has 2 aromatic rings. The Labute approximate surface area is 205 Å². The molecule has 1 saturated heterocycles. The molecule has 3 rings (SSSR count). The first kappa shape index (κ1) is 27.5. The molecule has 6 nitrogen and oxygen atoms in total. The van der Waals surface area contributed by atoms with Gasteiger partial charge >= 0.3 is 0 Å². The topological polar surface area (TPSA) is 75.2 Å². The third-order valence-electron chi connectivity index (χ3n) is 5.68. The van der Waals surface area contributed by atoms with Gasteiger partial charge in [-0.1, -0.05) is 46.8 Å². The number of nitrogens with one attached hydrogen (secondary N) is 1. The fraction of sp³-hybridized carbons (Fsp3) is 0.571. The minimum Gasteiger partial charge on any atom is -0.346 e. The Morgan fingerprint density at radius 1 is 0.912 bits per heavy atom. The van der Waals surface area contributed by atoms with Gasteiger partial charge in [-0.25, -0.2) is 0 Å². The number of carbonyl (C=O) groups excluding carboxylic acids is 2. The van der Waals surface area contributed by atoms with E-state index in [1.54, 1.807) is 30.6 Å². The van der Waals surface area contributed by atoms with Gasteiger partial charge in [-0.3, -0.25) is 19.6 Å². The predicted molar refractivity (Wildman–Crippen MR) is 138 cm³/mol. The number of nitrogens with zero attached hydrogens (tertiary/aromatic N) is 3. The SMILES string of the molecule is CC(C)(C)CC(C)(C)NC(=O)c1ccccn1.CC1(C)CN(C(=O)c2ccccn2)C(C)(C)C1. The van der Waals surface area contributed by atoms with Gasteiger partial charge in [-0.05, 0) is 75.6 Å². The normalized spacial score (nSPS) is 16.9. The van der Waals surface area contributed by atoms with Gasteiger partial charge in [-0.15, -0.1) is 0 Å². The molecule has 3 heterocycles. The van der Waals surface area contributed by atoms with Crippen LogP contribution in [0.3, 0.4) is 0 Å². The fourth-order valence-corrected chi connectivity index (χ4v) is 5.18. The van der Waals surface area contributed by atoms with E-state index in [4.69, 9.17) is 0 Å². The maximum Gasteiger partial charge on any atom is 0.272 e. The monoisotopic (exact) mass is 466 g/mol. The Kier molecular flexibility index (Phi) is 8.28. The van der Waals surface area contributed by atoms with Gasteiger partial charge in [0.05, 0.1) is 0 Å². The van der Waals surface area contributed by atoms with Crippen molar-refractivity contribution in [2.24, 2.45) is 10.8 Å². The Morgan fingerprint density at radius 2 is 1.44 bits per heavy atom. The van der Waals surface area contributed by atoms with E-state index in [2.05, 4.69) is 63.8 Å². The summed E-state index contributed by atoms with van der Waals surface area (Å²) in [4.78, 5) is 34.5. The van der Waals surface area contributed by atoms with Gasteiger partial charge in [-0.2, -0.15) is 0 Å². The summed E-state index contributed by atoms with van der Waals surface area (Å²) in [6.07, 6.45) is 5.24. The molecule has 0 aliphatic carbocycles. The number of amides is 2. The molecule has 0 saturated carbocycles. The van der Waals surface area contributed by atoms with Crippen LogP contribution in [0.1, 0.15) is 96.1 Å². The molecular formula is C28H42N4O2. The number of aromatic nitrogens is 2. The van der Waals surface area contributed by atoms with E-state index >= 15 is 0 Å². The summed E-state index contributed by atoms with van der Waals surface area (Å²) in [7, 11) is 0. The third kappa shape index (κ3) is 8.23. The summed E-state index contributed by atoms with van der Waals surface area (Å²) in [5.41, 5.74) is 1.06. The number of hydrogen-bond donors (Lipinski definition) is 1. The van der Waals surface area contributed by atoms with Gasteiger partial charge < -0.3 is 10.2 Å². The van der Waals surface area contributed by atoms with Crippen molar-refractivity contribution >= 4 is 11.8 Å². The zero-order chi connectivity index (χ0) is 25.8. The summed E-state index contributed by atoms with van der Waals surface area (Å²) in [6, 6.07) is 10.8. The van der Waals surface area contributed by atoms with Crippen LogP contribution >= 0.6 is 0 Å². The molecule has 0 unspecified atom stereocenters. The molecule has 0 bridgehead atoms. The van der Waals surface area contributed by atoms with E-state index in [1.165, 1.54) is 0 Å². The molecule has 2 aromatic heterocycles. The van der Waals surface area contributed by atoms with E-state index < -0.39 is 0 Å². The highest BCUT2D eigenvalue weighted by Crippen LogP contribution is 2.41. The minimum atomic E-state index is -0.229. The quantitative estimate of drug-likeness (QED) is 0.622. The van der Waals surface area contributed by atoms with E-state index in [-0.39, 0.29) is 33.7 Å². The predicted octanol–water partition coefficient (Wildman–Crippen LogP) is 5.76. The lowest BCUT2D eigenvalue weighted by atomic mass is 9.82. The zero-order valence-corrected chi connectivity index (χ0v) is 22.4. The molecule has 34 heavy (non-hydrogen) atoms. The lowest BCUT2D eigenvalue weighted by molar-refractivity contribution is 0.0639. The number of carbonyl (C=O) groups is 2. The summed E-state index contributed by atoms with van der Waals surface area (Å²) in [6.45, 7) is 20.1. The molecule has 0 radical (unpaired) electrons. The lowest BCUT2D eigenvalue weighted by Gasteiger charge is -2.33. The van der Waals surface area contributed by atoms with Crippen LogP contribution in [0.25, 0.3) is 0 Å². The summed E-state index contributed by atoms with van der Waals surface area (Å²) in [5, 5.41) is 3.03. The van der Waals surface area contributed by atoms with E-state index in [0.29, 0.717) is 11.4 Å². The maximum atomic E-state index is 12.4. The van der Waals surface area contributed by atoms with Crippen LogP contribution in [0, 0.1) is 10.8 Å². The molecule has 1 N–H and O–H groups in total. The first-order chi connectivity index (χ1) is 15.5. The highest BCUT2D eigenvalue weighted by Gasteiger charge is 2.45. The van der Waals surface area contributed by atoms with Crippen LogP contribution < -0.4 is 5.32 Å². The van der Waals surface area contributed by atoms with Crippen molar-refractivity contribution < 1.29 is 9.59 Å². The van der Waals surface area contributed by atoms with Gasteiger partial charge in [0.2, 0.25) is 0 Å². The summed E-state index contributed by atoms with van der Waals surface area (Å²) >= 11 is 0. The van der Waals surface area contributed by atoms with Crippen molar-refractivity contribution in [1.29, 1.82) is 0 Å². The Bertz CT molecular complexity index is 961. The molecule has 2 amide bonds. The van der Waals surface area contributed by atoms with Crippen LogP contribution in [0.4, 0.5) is 0 Å². The molecule has 1 aliphatic heterocycles. The van der Waals surface area contributed by atoms with E-state index in [9.17, 15) is 9.59 Å². The van der Waals surface area contributed by atoms with Crippen molar-refractivity contribution in [2.45, 2.75) is 86.2 Å². The van der Waals surface area contributed by atoms with Gasteiger partial charge in [0.25, 0.3) is 11.8 Å². The second-order valence-electron chi connectivity index (χ2n) is 12.6. The van der Waals surface area contributed by atoms with Crippen molar-refractivity contribution in [3.8, 4) is 0 Å².